The van der Waals surface area contributed by atoms with E-state index >= 15 is 0 Å². The Morgan fingerprint density at radius 2 is 2.03 bits per heavy atom. The van der Waals surface area contributed by atoms with E-state index in [1.807, 2.05) is 15.9 Å². The zero-order valence-corrected chi connectivity index (χ0v) is 17.5. The fourth-order valence-corrected chi connectivity index (χ4v) is 4.48. The molecule has 31 heavy (non-hydrogen) atoms. The number of hydrogen-bond donors (Lipinski definition) is 2. The number of carbonyl (C=O) groups is 1. The molecule has 8 heteroatoms. The highest BCUT2D eigenvalue weighted by atomic mass is 19.1. The summed E-state index contributed by atoms with van der Waals surface area (Å²) in [6.07, 6.45) is 7.63. The molecular weight excluding hydrogens is 397 g/mol. The molecule has 1 aromatic heterocycles. The zero-order valence-electron chi connectivity index (χ0n) is 17.5. The lowest BCUT2D eigenvalue weighted by Gasteiger charge is -2.39. The number of amides is 2. The first kappa shape index (κ1) is 20.0. The minimum absolute atomic E-state index is 0.0364. The number of nitrogens with one attached hydrogen (secondary N) is 1. The van der Waals surface area contributed by atoms with Crippen molar-refractivity contribution in [3.8, 4) is 5.88 Å². The number of benzene rings is 1. The largest absolute Gasteiger partial charge is 0.493 e. The van der Waals surface area contributed by atoms with Gasteiger partial charge in [-0.1, -0.05) is 12.1 Å². The molecule has 1 saturated heterocycles. The average molecular weight is 426 g/mol. The van der Waals surface area contributed by atoms with Gasteiger partial charge in [-0.3, -0.25) is 0 Å². The minimum atomic E-state index is -0.243. The topological polar surface area (TPSA) is 81.6 Å². The first-order chi connectivity index (χ1) is 15.1. The van der Waals surface area contributed by atoms with Crippen molar-refractivity contribution >= 4 is 12.0 Å². The minimum Gasteiger partial charge on any atom is -0.493 e. The molecule has 0 spiro atoms. The summed E-state index contributed by atoms with van der Waals surface area (Å²) in [6.45, 7) is 1.60. The van der Waals surface area contributed by atoms with Crippen LogP contribution in [0.1, 0.15) is 55.6 Å². The van der Waals surface area contributed by atoms with Crippen molar-refractivity contribution in [1.29, 1.82) is 0 Å². The summed E-state index contributed by atoms with van der Waals surface area (Å²) in [5.41, 5.74) is 1.58. The Morgan fingerprint density at radius 1 is 1.19 bits per heavy atom. The Balaban J connectivity index is 1.24. The number of urea groups is 1. The number of carbonyl (C=O) groups excluding carboxylic acids is 1. The fraction of sp³-hybridized carbons (Fsp3) is 0.522. The second-order valence-electron chi connectivity index (χ2n) is 8.88. The molecular formula is C23H28FN5O2. The summed E-state index contributed by atoms with van der Waals surface area (Å²) in [6, 6.07) is 6.97. The number of piperidine rings is 1. The van der Waals surface area contributed by atoms with Crippen LogP contribution in [0.15, 0.2) is 30.5 Å². The Bertz CT molecular complexity index is 963. The molecule has 3 fully saturated rings. The number of anilines is 1. The third-order valence-corrected chi connectivity index (χ3v) is 6.43. The quantitative estimate of drug-likeness (QED) is 0.740. The lowest BCUT2D eigenvalue weighted by atomic mass is 10.0. The van der Waals surface area contributed by atoms with E-state index in [1.54, 1.807) is 12.1 Å². The molecule has 164 valence electrons. The molecule has 1 aromatic carbocycles. The molecule has 1 atom stereocenters. The summed E-state index contributed by atoms with van der Waals surface area (Å²) >= 11 is 0. The number of halogens is 1. The molecule has 2 N–H and O–H groups in total. The summed E-state index contributed by atoms with van der Waals surface area (Å²) in [5.74, 6) is 0.693. The molecule has 2 aliphatic carbocycles. The maximum atomic E-state index is 14.5. The molecule has 2 heterocycles. The van der Waals surface area contributed by atoms with Crippen molar-refractivity contribution in [2.45, 2.75) is 63.1 Å². The molecule has 2 saturated carbocycles. The van der Waals surface area contributed by atoms with E-state index < -0.39 is 0 Å². The number of aromatic hydroxyl groups is 1. The molecule has 0 radical (unpaired) electrons. The predicted octanol–water partition coefficient (Wildman–Crippen LogP) is 3.54. The Morgan fingerprint density at radius 3 is 2.74 bits per heavy atom. The fourth-order valence-electron chi connectivity index (χ4n) is 4.48. The number of hydrogen-bond acceptors (Lipinski definition) is 5. The SMILES string of the molecule is O=C(NCc1ccc(C2CC2)cc1F)N(C1CC1)[C@@H]1CCCN(c2nccc(O)n2)C1. The Labute approximate surface area is 181 Å². The highest BCUT2D eigenvalue weighted by Crippen LogP contribution is 2.40. The van der Waals surface area contributed by atoms with Crippen LogP contribution in [0.2, 0.25) is 0 Å². The van der Waals surface area contributed by atoms with Gasteiger partial charge < -0.3 is 20.2 Å². The van der Waals surface area contributed by atoms with Gasteiger partial charge in [-0.15, -0.1) is 0 Å². The van der Waals surface area contributed by atoms with Gasteiger partial charge in [0.2, 0.25) is 11.8 Å². The Hall–Kier alpha value is -2.90. The van der Waals surface area contributed by atoms with Gasteiger partial charge in [-0.25, -0.2) is 14.2 Å². The highest BCUT2D eigenvalue weighted by molar-refractivity contribution is 5.75. The molecule has 2 amide bonds. The van der Waals surface area contributed by atoms with Crippen molar-refractivity contribution in [3.63, 3.8) is 0 Å². The molecule has 5 rings (SSSR count). The Kier molecular flexibility index (Phi) is 5.38. The van der Waals surface area contributed by atoms with E-state index in [0.717, 1.165) is 50.6 Å². The zero-order chi connectivity index (χ0) is 21.4. The van der Waals surface area contributed by atoms with E-state index in [2.05, 4.69) is 15.3 Å². The standard InChI is InChI=1S/C23H28FN5O2/c24-20-12-16(15-3-4-15)5-6-17(20)13-26-23(31)29(18-7-8-18)19-2-1-11-28(14-19)22-25-10-9-21(30)27-22/h5-6,9-10,12,15,18-19H,1-4,7-8,11,13-14H2,(H,26,31)(H,25,27,30)/t19-/m1/s1. The first-order valence-corrected chi connectivity index (χ1v) is 11.2. The number of aromatic nitrogens is 2. The monoisotopic (exact) mass is 425 g/mol. The van der Waals surface area contributed by atoms with E-state index in [4.69, 9.17) is 0 Å². The second kappa shape index (κ2) is 8.32. The normalized spacial score (nSPS) is 21.1. The third-order valence-electron chi connectivity index (χ3n) is 6.43. The maximum Gasteiger partial charge on any atom is 0.318 e. The van der Waals surface area contributed by atoms with Gasteiger partial charge in [0, 0.05) is 43.5 Å². The van der Waals surface area contributed by atoms with Crippen LogP contribution in [0, 0.1) is 5.82 Å². The predicted molar refractivity (Wildman–Crippen MR) is 114 cm³/mol. The van der Waals surface area contributed by atoms with Crippen molar-refractivity contribution < 1.29 is 14.3 Å². The lowest BCUT2D eigenvalue weighted by Crippen LogP contribution is -2.54. The van der Waals surface area contributed by atoms with Gasteiger partial charge >= 0.3 is 6.03 Å². The van der Waals surface area contributed by atoms with Crippen LogP contribution in [0.25, 0.3) is 0 Å². The van der Waals surface area contributed by atoms with Crippen molar-refractivity contribution in [1.82, 2.24) is 20.2 Å². The molecule has 7 nitrogen and oxygen atoms in total. The van der Waals surface area contributed by atoms with Crippen LogP contribution in [-0.4, -0.2) is 51.2 Å². The highest BCUT2D eigenvalue weighted by Gasteiger charge is 2.39. The molecule has 1 aliphatic heterocycles. The lowest BCUT2D eigenvalue weighted by molar-refractivity contribution is 0.160. The second-order valence-corrected chi connectivity index (χ2v) is 8.88. The third kappa shape index (κ3) is 4.57. The molecule has 2 aromatic rings. The molecule has 0 unspecified atom stereocenters. The van der Waals surface area contributed by atoms with Crippen LogP contribution < -0.4 is 10.2 Å². The molecule has 3 aliphatic rings. The first-order valence-electron chi connectivity index (χ1n) is 11.2. The van der Waals surface area contributed by atoms with E-state index in [9.17, 15) is 14.3 Å². The smallest absolute Gasteiger partial charge is 0.318 e. The number of rotatable bonds is 6. The van der Waals surface area contributed by atoms with Crippen LogP contribution in [0.4, 0.5) is 15.1 Å². The maximum absolute atomic E-state index is 14.5. The average Bonchev–Trinajstić information content (AvgIpc) is 3.67. The van der Waals surface area contributed by atoms with Crippen molar-refractivity contribution in [3.05, 3.63) is 47.4 Å². The van der Waals surface area contributed by atoms with Crippen LogP contribution >= 0.6 is 0 Å². The molecule has 0 bridgehead atoms. The summed E-state index contributed by atoms with van der Waals surface area (Å²) < 4.78 is 14.5. The van der Waals surface area contributed by atoms with Gasteiger partial charge in [0.1, 0.15) is 5.82 Å². The summed E-state index contributed by atoms with van der Waals surface area (Å²) in [4.78, 5) is 25.4. The van der Waals surface area contributed by atoms with Gasteiger partial charge in [0.05, 0.1) is 6.04 Å². The van der Waals surface area contributed by atoms with Gasteiger partial charge in [-0.2, -0.15) is 4.98 Å². The van der Waals surface area contributed by atoms with E-state index in [1.165, 1.54) is 12.3 Å². The van der Waals surface area contributed by atoms with Crippen LogP contribution in [0.3, 0.4) is 0 Å². The van der Waals surface area contributed by atoms with E-state index in [-0.39, 0.29) is 36.4 Å². The van der Waals surface area contributed by atoms with Crippen molar-refractivity contribution in [2.24, 2.45) is 0 Å². The van der Waals surface area contributed by atoms with Crippen LogP contribution in [0.5, 0.6) is 5.88 Å². The van der Waals surface area contributed by atoms with Crippen molar-refractivity contribution in [2.75, 3.05) is 18.0 Å². The van der Waals surface area contributed by atoms with Gasteiger partial charge in [0.15, 0.2) is 0 Å². The van der Waals surface area contributed by atoms with Gasteiger partial charge in [0.25, 0.3) is 0 Å². The summed E-state index contributed by atoms with van der Waals surface area (Å²) in [5, 5.41) is 12.6. The summed E-state index contributed by atoms with van der Waals surface area (Å²) in [7, 11) is 0. The van der Waals surface area contributed by atoms with Gasteiger partial charge in [-0.05, 0) is 56.1 Å². The van der Waals surface area contributed by atoms with E-state index in [0.29, 0.717) is 24.0 Å². The van der Waals surface area contributed by atoms with Crippen LogP contribution in [-0.2, 0) is 6.54 Å². The number of nitrogens with zero attached hydrogens (tertiary/aromatic N) is 4.